The van der Waals surface area contributed by atoms with Crippen molar-refractivity contribution in [2.75, 3.05) is 18.4 Å². The standard InChI is InChI=1S/C9H13N3O2/c10-3-1-4-12-8-6-11-5-2-7(8)9(13)14/h2,5-6,12H,1,3-4,10H2,(H,13,14). The number of hydrogen-bond donors (Lipinski definition) is 3. The molecule has 0 saturated carbocycles. The van der Waals surface area contributed by atoms with Gasteiger partial charge in [0, 0.05) is 12.7 Å². The maximum atomic E-state index is 10.8. The second-order valence-electron chi connectivity index (χ2n) is 2.80. The summed E-state index contributed by atoms with van der Waals surface area (Å²) in [6.45, 7) is 1.23. The van der Waals surface area contributed by atoms with Crippen LogP contribution in [0.4, 0.5) is 5.69 Å². The summed E-state index contributed by atoms with van der Waals surface area (Å²) >= 11 is 0. The van der Waals surface area contributed by atoms with Crippen LogP contribution in [0.15, 0.2) is 18.5 Å². The normalized spacial score (nSPS) is 9.79. The SMILES string of the molecule is NCCCNc1cnccc1C(=O)O. The maximum absolute atomic E-state index is 10.8. The monoisotopic (exact) mass is 195 g/mol. The molecule has 0 aliphatic carbocycles. The van der Waals surface area contributed by atoms with Gasteiger partial charge in [0.15, 0.2) is 0 Å². The van der Waals surface area contributed by atoms with Gasteiger partial charge in [0.05, 0.1) is 17.4 Å². The van der Waals surface area contributed by atoms with Gasteiger partial charge < -0.3 is 16.2 Å². The van der Waals surface area contributed by atoms with E-state index < -0.39 is 5.97 Å². The number of nitrogens with one attached hydrogen (secondary N) is 1. The molecule has 0 spiro atoms. The molecule has 0 radical (unpaired) electrons. The highest BCUT2D eigenvalue weighted by Gasteiger charge is 2.08. The van der Waals surface area contributed by atoms with Crippen LogP contribution in [0.3, 0.4) is 0 Å². The molecular formula is C9H13N3O2. The van der Waals surface area contributed by atoms with Crippen LogP contribution in [0.25, 0.3) is 0 Å². The van der Waals surface area contributed by atoms with Gasteiger partial charge in [0.1, 0.15) is 0 Å². The van der Waals surface area contributed by atoms with E-state index in [0.717, 1.165) is 6.42 Å². The number of carboxylic acids is 1. The van der Waals surface area contributed by atoms with E-state index in [9.17, 15) is 4.79 Å². The number of aromatic nitrogens is 1. The molecule has 1 heterocycles. The number of pyridine rings is 1. The van der Waals surface area contributed by atoms with Gasteiger partial charge in [-0.3, -0.25) is 4.98 Å². The lowest BCUT2D eigenvalue weighted by Crippen LogP contribution is -2.11. The molecule has 1 aromatic rings. The Hall–Kier alpha value is -1.62. The largest absolute Gasteiger partial charge is 0.478 e. The Morgan fingerprint density at radius 2 is 2.43 bits per heavy atom. The Kier molecular flexibility index (Phi) is 3.87. The minimum Gasteiger partial charge on any atom is -0.478 e. The molecule has 0 aliphatic rings. The molecule has 0 amide bonds. The molecule has 0 bridgehead atoms. The summed E-state index contributed by atoms with van der Waals surface area (Å²) in [6, 6.07) is 1.47. The first-order valence-corrected chi connectivity index (χ1v) is 4.37. The number of aromatic carboxylic acids is 1. The van der Waals surface area contributed by atoms with Crippen molar-refractivity contribution in [1.82, 2.24) is 4.98 Å². The number of nitrogens with zero attached hydrogens (tertiary/aromatic N) is 1. The smallest absolute Gasteiger partial charge is 0.337 e. The van der Waals surface area contributed by atoms with Crippen LogP contribution in [0, 0.1) is 0 Å². The summed E-state index contributed by atoms with van der Waals surface area (Å²) < 4.78 is 0. The van der Waals surface area contributed by atoms with Crippen LogP contribution in [-0.4, -0.2) is 29.1 Å². The number of anilines is 1. The third-order valence-corrected chi connectivity index (χ3v) is 1.75. The van der Waals surface area contributed by atoms with Crippen LogP contribution in [0.5, 0.6) is 0 Å². The molecule has 0 atom stereocenters. The Balaban J connectivity index is 2.69. The summed E-state index contributed by atoms with van der Waals surface area (Å²) in [5.74, 6) is -0.956. The third kappa shape index (κ3) is 2.70. The molecule has 0 unspecified atom stereocenters. The van der Waals surface area contributed by atoms with Gasteiger partial charge >= 0.3 is 5.97 Å². The summed E-state index contributed by atoms with van der Waals surface area (Å²) in [4.78, 5) is 14.6. The van der Waals surface area contributed by atoms with E-state index in [1.807, 2.05) is 0 Å². The zero-order valence-corrected chi connectivity index (χ0v) is 7.73. The minimum atomic E-state index is -0.956. The van der Waals surface area contributed by atoms with Crippen molar-refractivity contribution in [2.24, 2.45) is 5.73 Å². The summed E-state index contributed by atoms with van der Waals surface area (Å²) in [6.07, 6.45) is 3.76. The maximum Gasteiger partial charge on any atom is 0.337 e. The summed E-state index contributed by atoms with van der Waals surface area (Å²) in [5, 5.41) is 11.8. The Morgan fingerprint density at radius 1 is 1.64 bits per heavy atom. The fraction of sp³-hybridized carbons (Fsp3) is 0.333. The molecule has 5 heteroatoms. The van der Waals surface area contributed by atoms with Crippen molar-refractivity contribution in [3.63, 3.8) is 0 Å². The second kappa shape index (κ2) is 5.18. The van der Waals surface area contributed by atoms with Crippen LogP contribution in [-0.2, 0) is 0 Å². The van der Waals surface area contributed by atoms with Crippen molar-refractivity contribution >= 4 is 11.7 Å². The van der Waals surface area contributed by atoms with Crippen molar-refractivity contribution in [3.8, 4) is 0 Å². The van der Waals surface area contributed by atoms with Crippen molar-refractivity contribution in [1.29, 1.82) is 0 Å². The molecule has 1 aromatic heterocycles. The van der Waals surface area contributed by atoms with Gasteiger partial charge in [-0.05, 0) is 19.0 Å². The summed E-state index contributed by atoms with van der Waals surface area (Å²) in [7, 11) is 0. The Labute approximate surface area is 82.0 Å². The quantitative estimate of drug-likeness (QED) is 0.597. The van der Waals surface area contributed by atoms with Gasteiger partial charge in [0.2, 0.25) is 0 Å². The first-order valence-electron chi connectivity index (χ1n) is 4.37. The number of rotatable bonds is 5. The third-order valence-electron chi connectivity index (χ3n) is 1.75. The Bertz CT molecular complexity index is 315. The average molecular weight is 195 g/mol. The Morgan fingerprint density at radius 3 is 3.07 bits per heavy atom. The van der Waals surface area contributed by atoms with Crippen LogP contribution in [0.1, 0.15) is 16.8 Å². The molecule has 0 saturated heterocycles. The van der Waals surface area contributed by atoms with E-state index >= 15 is 0 Å². The molecule has 0 fully saturated rings. The summed E-state index contributed by atoms with van der Waals surface area (Å²) in [5.41, 5.74) is 6.09. The number of carboxylic acid groups (broad SMARTS) is 1. The number of hydrogen-bond acceptors (Lipinski definition) is 4. The van der Waals surface area contributed by atoms with Gasteiger partial charge in [0.25, 0.3) is 0 Å². The fourth-order valence-corrected chi connectivity index (χ4v) is 1.05. The first-order chi connectivity index (χ1) is 6.75. The lowest BCUT2D eigenvalue weighted by Gasteiger charge is -2.07. The molecule has 1 rings (SSSR count). The molecule has 14 heavy (non-hydrogen) atoms. The average Bonchev–Trinajstić information content (AvgIpc) is 2.19. The van der Waals surface area contributed by atoms with E-state index in [-0.39, 0.29) is 5.56 Å². The predicted octanol–water partition coefficient (Wildman–Crippen LogP) is 0.540. The van der Waals surface area contributed by atoms with Crippen molar-refractivity contribution < 1.29 is 9.90 Å². The second-order valence-corrected chi connectivity index (χ2v) is 2.80. The minimum absolute atomic E-state index is 0.233. The zero-order valence-electron chi connectivity index (χ0n) is 7.73. The van der Waals surface area contributed by atoms with Gasteiger partial charge in [-0.25, -0.2) is 4.79 Å². The van der Waals surface area contributed by atoms with Crippen LogP contribution in [0.2, 0.25) is 0 Å². The van der Waals surface area contributed by atoms with Crippen LogP contribution < -0.4 is 11.1 Å². The van der Waals surface area contributed by atoms with E-state index in [4.69, 9.17) is 10.8 Å². The molecule has 5 nitrogen and oxygen atoms in total. The van der Waals surface area contributed by atoms with Gasteiger partial charge in [-0.2, -0.15) is 0 Å². The predicted molar refractivity (Wildman–Crippen MR) is 53.4 cm³/mol. The van der Waals surface area contributed by atoms with Gasteiger partial charge in [-0.1, -0.05) is 0 Å². The van der Waals surface area contributed by atoms with Crippen molar-refractivity contribution in [3.05, 3.63) is 24.0 Å². The van der Waals surface area contributed by atoms with Crippen LogP contribution >= 0.6 is 0 Å². The fourth-order valence-electron chi connectivity index (χ4n) is 1.05. The van der Waals surface area contributed by atoms with E-state index in [1.165, 1.54) is 18.5 Å². The number of carbonyl (C=O) groups is 1. The van der Waals surface area contributed by atoms with E-state index in [0.29, 0.717) is 18.8 Å². The molecule has 76 valence electrons. The molecule has 0 aromatic carbocycles. The lowest BCUT2D eigenvalue weighted by atomic mass is 10.2. The molecule has 0 aliphatic heterocycles. The van der Waals surface area contributed by atoms with E-state index in [1.54, 1.807) is 0 Å². The molecule has 4 N–H and O–H groups in total. The topological polar surface area (TPSA) is 88.2 Å². The highest BCUT2D eigenvalue weighted by Crippen LogP contribution is 2.12. The first kappa shape index (κ1) is 10.5. The zero-order chi connectivity index (χ0) is 10.4. The van der Waals surface area contributed by atoms with Crippen molar-refractivity contribution in [2.45, 2.75) is 6.42 Å². The van der Waals surface area contributed by atoms with Gasteiger partial charge in [-0.15, -0.1) is 0 Å². The number of nitrogens with two attached hydrogens (primary N) is 1. The van der Waals surface area contributed by atoms with E-state index in [2.05, 4.69) is 10.3 Å². The molecular weight excluding hydrogens is 182 g/mol. The highest BCUT2D eigenvalue weighted by atomic mass is 16.4. The highest BCUT2D eigenvalue weighted by molar-refractivity contribution is 5.93. The lowest BCUT2D eigenvalue weighted by molar-refractivity contribution is 0.0698.